The Bertz CT molecular complexity index is 1760. The molecule has 0 aliphatic carbocycles. The van der Waals surface area contributed by atoms with Crippen molar-refractivity contribution in [2.45, 2.75) is 64.1 Å². The minimum Gasteiger partial charge on any atom is -0.495 e. The number of aryl methyl sites for hydroxylation is 2. The van der Waals surface area contributed by atoms with E-state index in [4.69, 9.17) is 16.3 Å². The molecule has 0 unspecified atom stereocenters. The van der Waals surface area contributed by atoms with Crippen molar-refractivity contribution in [1.29, 1.82) is 0 Å². The van der Waals surface area contributed by atoms with Crippen LogP contribution in [0.1, 0.15) is 42.5 Å². The Kier molecular flexibility index (Phi) is 12.1. The fraction of sp³-hybridized carbons (Fsp3) is 0.297. The summed E-state index contributed by atoms with van der Waals surface area (Å²) in [5.74, 6) is -0.502. The molecule has 0 spiro atoms. The minimum atomic E-state index is -4.26. The summed E-state index contributed by atoms with van der Waals surface area (Å²) in [6.45, 7) is 7.23. The number of ether oxygens (including phenoxy) is 1. The van der Waals surface area contributed by atoms with Crippen LogP contribution >= 0.6 is 11.6 Å². The van der Waals surface area contributed by atoms with E-state index in [1.54, 1.807) is 24.3 Å². The van der Waals surface area contributed by atoms with Gasteiger partial charge in [0.05, 0.1) is 22.7 Å². The Morgan fingerprint density at radius 2 is 1.49 bits per heavy atom. The molecule has 0 heterocycles. The molecule has 10 heteroatoms. The SMILES string of the molecule is CC[C@H](C)NC(=O)[C@H](Cc1ccccc1)N(Cc1ccc(C)cc1)C(=O)CN(c1ccc(OC)c(Cl)c1)S(=O)(=O)c1ccc(C)cc1. The largest absolute Gasteiger partial charge is 0.495 e. The van der Waals surface area contributed by atoms with Gasteiger partial charge in [-0.15, -0.1) is 0 Å². The number of nitrogens with one attached hydrogen (secondary N) is 1. The summed E-state index contributed by atoms with van der Waals surface area (Å²) in [5.41, 5.74) is 3.79. The maximum Gasteiger partial charge on any atom is 0.264 e. The topological polar surface area (TPSA) is 96.0 Å². The van der Waals surface area contributed by atoms with Crippen molar-refractivity contribution in [1.82, 2.24) is 10.2 Å². The number of carbonyl (C=O) groups is 2. The number of carbonyl (C=O) groups excluding carboxylic acids is 2. The molecule has 0 saturated carbocycles. The first-order chi connectivity index (χ1) is 22.4. The lowest BCUT2D eigenvalue weighted by atomic mass is 10.0. The van der Waals surface area contributed by atoms with Crippen LogP contribution in [0.2, 0.25) is 5.02 Å². The van der Waals surface area contributed by atoms with Gasteiger partial charge in [0.1, 0.15) is 18.3 Å². The van der Waals surface area contributed by atoms with Gasteiger partial charge in [0.2, 0.25) is 11.8 Å². The second kappa shape index (κ2) is 16.0. The summed E-state index contributed by atoms with van der Waals surface area (Å²) in [5, 5.41) is 3.24. The van der Waals surface area contributed by atoms with E-state index in [-0.39, 0.29) is 40.5 Å². The zero-order chi connectivity index (χ0) is 34.1. The van der Waals surface area contributed by atoms with Gasteiger partial charge in [0, 0.05) is 19.0 Å². The predicted octanol–water partition coefficient (Wildman–Crippen LogP) is 6.72. The zero-order valence-electron chi connectivity index (χ0n) is 27.4. The number of benzene rings is 4. The van der Waals surface area contributed by atoms with E-state index < -0.39 is 28.5 Å². The van der Waals surface area contributed by atoms with E-state index in [0.717, 1.165) is 26.6 Å². The molecule has 47 heavy (non-hydrogen) atoms. The maximum absolute atomic E-state index is 14.6. The van der Waals surface area contributed by atoms with Crippen LogP contribution in [0.4, 0.5) is 5.69 Å². The van der Waals surface area contributed by atoms with Crippen LogP contribution < -0.4 is 14.4 Å². The third kappa shape index (κ3) is 9.14. The van der Waals surface area contributed by atoms with Gasteiger partial charge in [0.15, 0.2) is 0 Å². The normalized spacial score (nSPS) is 12.6. The number of rotatable bonds is 14. The molecule has 0 fully saturated rings. The fourth-order valence-electron chi connectivity index (χ4n) is 5.06. The van der Waals surface area contributed by atoms with E-state index in [1.807, 2.05) is 82.3 Å². The molecule has 2 amide bonds. The van der Waals surface area contributed by atoms with Crippen LogP contribution in [0, 0.1) is 13.8 Å². The van der Waals surface area contributed by atoms with Crippen molar-refractivity contribution in [2.24, 2.45) is 0 Å². The third-order valence-corrected chi connectivity index (χ3v) is 10.1. The second-order valence-corrected chi connectivity index (χ2v) is 13.9. The molecular formula is C37H42ClN3O5S. The van der Waals surface area contributed by atoms with Crippen molar-refractivity contribution >= 4 is 39.1 Å². The van der Waals surface area contributed by atoms with Crippen molar-refractivity contribution in [3.8, 4) is 5.75 Å². The van der Waals surface area contributed by atoms with Crippen LogP contribution in [-0.2, 0) is 32.6 Å². The first-order valence-electron chi connectivity index (χ1n) is 15.5. The molecule has 0 aromatic heterocycles. The molecule has 1 N–H and O–H groups in total. The molecule has 0 aliphatic heterocycles. The minimum absolute atomic E-state index is 0.0169. The third-order valence-electron chi connectivity index (χ3n) is 8.06. The van der Waals surface area contributed by atoms with E-state index in [2.05, 4.69) is 5.32 Å². The predicted molar refractivity (Wildman–Crippen MR) is 187 cm³/mol. The van der Waals surface area contributed by atoms with Crippen LogP contribution in [0.15, 0.2) is 102 Å². The number of sulfonamides is 1. The first-order valence-corrected chi connectivity index (χ1v) is 17.4. The highest BCUT2D eigenvalue weighted by Crippen LogP contribution is 2.32. The van der Waals surface area contributed by atoms with Gasteiger partial charge in [-0.2, -0.15) is 0 Å². The average molecular weight is 676 g/mol. The van der Waals surface area contributed by atoms with Gasteiger partial charge < -0.3 is 15.0 Å². The molecule has 0 saturated heterocycles. The van der Waals surface area contributed by atoms with Gasteiger partial charge in [-0.1, -0.05) is 96.4 Å². The molecule has 0 aliphatic rings. The van der Waals surface area contributed by atoms with Gasteiger partial charge in [0.25, 0.3) is 10.0 Å². The average Bonchev–Trinajstić information content (AvgIpc) is 3.06. The quantitative estimate of drug-likeness (QED) is 0.160. The number of methoxy groups -OCH3 is 1. The molecule has 4 rings (SSSR count). The Morgan fingerprint density at radius 3 is 2.06 bits per heavy atom. The Balaban J connectivity index is 1.83. The monoisotopic (exact) mass is 675 g/mol. The van der Waals surface area contributed by atoms with Crippen molar-refractivity contribution < 1.29 is 22.7 Å². The van der Waals surface area contributed by atoms with E-state index >= 15 is 0 Å². The highest BCUT2D eigenvalue weighted by molar-refractivity contribution is 7.92. The maximum atomic E-state index is 14.6. The lowest BCUT2D eigenvalue weighted by Gasteiger charge is -2.34. The molecule has 8 nitrogen and oxygen atoms in total. The number of hydrogen-bond acceptors (Lipinski definition) is 5. The van der Waals surface area contributed by atoms with Gasteiger partial charge in [-0.25, -0.2) is 8.42 Å². The Labute approximate surface area is 283 Å². The van der Waals surface area contributed by atoms with E-state index in [0.29, 0.717) is 12.2 Å². The van der Waals surface area contributed by atoms with Crippen molar-refractivity contribution in [2.75, 3.05) is 18.0 Å². The van der Waals surface area contributed by atoms with Gasteiger partial charge in [-0.05, 0) is 68.7 Å². The summed E-state index contributed by atoms with van der Waals surface area (Å²) in [7, 11) is -2.79. The fourth-order valence-corrected chi connectivity index (χ4v) is 6.72. The molecule has 2 atom stereocenters. The lowest BCUT2D eigenvalue weighted by molar-refractivity contribution is -0.140. The number of hydrogen-bond donors (Lipinski definition) is 1. The Hall–Kier alpha value is -4.34. The summed E-state index contributed by atoms with van der Waals surface area (Å²) < 4.78 is 34.8. The van der Waals surface area contributed by atoms with Crippen molar-refractivity contribution in [3.63, 3.8) is 0 Å². The highest BCUT2D eigenvalue weighted by Gasteiger charge is 2.35. The summed E-state index contributed by atoms with van der Waals surface area (Å²) in [4.78, 5) is 30.1. The van der Waals surface area contributed by atoms with Crippen LogP contribution in [0.25, 0.3) is 0 Å². The molecule has 0 radical (unpaired) electrons. The number of anilines is 1. The highest BCUT2D eigenvalue weighted by atomic mass is 35.5. The smallest absolute Gasteiger partial charge is 0.264 e. The molecular weight excluding hydrogens is 634 g/mol. The number of amides is 2. The summed E-state index contributed by atoms with van der Waals surface area (Å²) >= 11 is 6.46. The number of halogens is 1. The Morgan fingerprint density at radius 1 is 0.872 bits per heavy atom. The summed E-state index contributed by atoms with van der Waals surface area (Å²) in [6, 6.07) is 27.1. The molecule has 4 aromatic carbocycles. The van der Waals surface area contributed by atoms with Crippen LogP contribution in [-0.4, -0.2) is 50.9 Å². The molecule has 4 aromatic rings. The van der Waals surface area contributed by atoms with Crippen LogP contribution in [0.3, 0.4) is 0 Å². The lowest BCUT2D eigenvalue weighted by Crippen LogP contribution is -2.54. The van der Waals surface area contributed by atoms with Crippen molar-refractivity contribution in [3.05, 3.63) is 124 Å². The zero-order valence-corrected chi connectivity index (χ0v) is 29.0. The van der Waals surface area contributed by atoms with Gasteiger partial charge in [-0.3, -0.25) is 13.9 Å². The standard InChI is InChI=1S/C37H42ClN3O5S/c1-6-28(4)39-37(43)34(22-29-10-8-7-9-11-29)40(24-30-16-12-26(2)13-17-30)36(42)25-41(31-18-21-35(46-5)33(38)23-31)47(44,45)32-19-14-27(3)15-20-32/h7-21,23,28,34H,6,22,24-25H2,1-5H3,(H,39,43)/t28-,34-/m0/s1. The molecule has 248 valence electrons. The second-order valence-electron chi connectivity index (χ2n) is 11.7. The summed E-state index contributed by atoms with van der Waals surface area (Å²) in [6.07, 6.45) is 0.941. The van der Waals surface area contributed by atoms with Gasteiger partial charge >= 0.3 is 0 Å². The first kappa shape index (κ1) is 35.5. The van der Waals surface area contributed by atoms with E-state index in [1.165, 1.54) is 30.2 Å². The van der Waals surface area contributed by atoms with Crippen LogP contribution in [0.5, 0.6) is 5.75 Å². The number of nitrogens with zero attached hydrogens (tertiary/aromatic N) is 2. The van der Waals surface area contributed by atoms with E-state index in [9.17, 15) is 18.0 Å². The molecule has 0 bridgehead atoms.